The predicted octanol–water partition coefficient (Wildman–Crippen LogP) is -1.46. The number of likely N-dealkylation sites (tertiary alicyclic amines) is 1. The molecule has 1 aliphatic carbocycles. The number of ether oxygens (including phenoxy) is 2. The van der Waals surface area contributed by atoms with Gasteiger partial charge in [0.25, 0.3) is 11.9 Å². The van der Waals surface area contributed by atoms with Gasteiger partial charge in [-0.05, 0) is 24.5 Å². The number of fused-ring (bicyclic) bond motifs is 1. The van der Waals surface area contributed by atoms with Crippen LogP contribution in [0.2, 0.25) is 0 Å². The van der Waals surface area contributed by atoms with E-state index in [0.29, 0.717) is 13.1 Å². The largest absolute Gasteiger partial charge is 0.504 e. The Morgan fingerprint density at radius 3 is 2.33 bits per heavy atom. The zero-order valence-corrected chi connectivity index (χ0v) is 15.7. The Bertz CT molecular complexity index is 871. The van der Waals surface area contributed by atoms with E-state index >= 15 is 0 Å². The van der Waals surface area contributed by atoms with Crippen molar-refractivity contribution in [2.24, 2.45) is 0 Å². The average molecular weight is 426 g/mol. The number of rotatable bonds is 3. The van der Waals surface area contributed by atoms with Gasteiger partial charge in [0, 0.05) is 18.0 Å². The van der Waals surface area contributed by atoms with Gasteiger partial charge >= 0.3 is 0 Å². The molecule has 0 aromatic heterocycles. The lowest BCUT2D eigenvalue weighted by Crippen LogP contribution is -2.62. The normalized spacial score (nSPS) is 33.0. The summed E-state index contributed by atoms with van der Waals surface area (Å²) in [4.78, 5) is 25.5. The van der Waals surface area contributed by atoms with Gasteiger partial charge in [0.05, 0.1) is 17.6 Å². The number of nitro groups is 1. The van der Waals surface area contributed by atoms with Crippen molar-refractivity contribution in [3.63, 3.8) is 0 Å². The second-order valence-electron chi connectivity index (χ2n) is 7.69. The molecule has 0 unspecified atom stereocenters. The van der Waals surface area contributed by atoms with Crippen molar-refractivity contribution in [2.45, 2.75) is 49.2 Å². The second kappa shape index (κ2) is 7.54. The molecule has 2 aliphatic heterocycles. The van der Waals surface area contributed by atoms with Crippen LogP contribution in [0.3, 0.4) is 0 Å². The van der Waals surface area contributed by atoms with Crippen molar-refractivity contribution in [1.29, 1.82) is 0 Å². The molecular formula is C18H22N2O10. The van der Waals surface area contributed by atoms with E-state index in [-0.39, 0.29) is 29.4 Å². The number of amides is 1. The third kappa shape index (κ3) is 3.03. The monoisotopic (exact) mass is 426 g/mol. The third-order valence-corrected chi connectivity index (χ3v) is 6.01. The molecule has 12 nitrogen and oxygen atoms in total. The minimum Gasteiger partial charge on any atom is -0.504 e. The van der Waals surface area contributed by atoms with Crippen molar-refractivity contribution < 1.29 is 44.7 Å². The standard InChI is InChI=1S/C18H22N2O10/c21-12-9(11(20(27)28)14(23)16(25)15(12)24)7-5-8-17(30-6-29-8)13(22)10(7)18(26)19-3-1-2-4-19/h5,9,11-12,14-16,21-25H,1-4,6H2/t9-,11+,12+,14-,15-,16-/m0/s1. The number of nitrogens with zero attached hydrogens (tertiary/aromatic N) is 2. The molecule has 1 saturated heterocycles. The molecule has 4 rings (SSSR count). The number of hydrogen-bond acceptors (Lipinski definition) is 10. The molecule has 1 saturated carbocycles. The molecule has 164 valence electrons. The highest BCUT2D eigenvalue weighted by Crippen LogP contribution is 2.49. The number of carbonyl (C=O) groups is 1. The van der Waals surface area contributed by atoms with Crippen LogP contribution in [0.1, 0.15) is 34.7 Å². The van der Waals surface area contributed by atoms with E-state index in [9.17, 15) is 40.4 Å². The molecular weight excluding hydrogens is 404 g/mol. The first kappa shape index (κ1) is 20.6. The van der Waals surface area contributed by atoms with Crippen LogP contribution in [0, 0.1) is 10.1 Å². The van der Waals surface area contributed by atoms with Gasteiger partial charge in [-0.25, -0.2) is 0 Å². The van der Waals surface area contributed by atoms with Crippen molar-refractivity contribution in [2.75, 3.05) is 19.9 Å². The van der Waals surface area contributed by atoms with E-state index in [4.69, 9.17) is 9.47 Å². The Kier molecular flexibility index (Phi) is 5.18. The van der Waals surface area contributed by atoms with Crippen LogP contribution in [0.15, 0.2) is 6.07 Å². The lowest BCUT2D eigenvalue weighted by atomic mass is 9.72. The quantitative estimate of drug-likeness (QED) is 0.283. The fourth-order valence-electron chi connectivity index (χ4n) is 4.47. The van der Waals surface area contributed by atoms with E-state index in [1.807, 2.05) is 0 Å². The van der Waals surface area contributed by atoms with Crippen LogP contribution in [0.4, 0.5) is 0 Å². The highest BCUT2D eigenvalue weighted by atomic mass is 16.7. The molecule has 0 spiro atoms. The molecule has 5 N–H and O–H groups in total. The summed E-state index contributed by atoms with van der Waals surface area (Å²) in [5.74, 6) is -2.94. The molecule has 1 aromatic rings. The summed E-state index contributed by atoms with van der Waals surface area (Å²) >= 11 is 0. The van der Waals surface area contributed by atoms with E-state index in [1.165, 1.54) is 11.0 Å². The van der Waals surface area contributed by atoms with Crippen LogP contribution < -0.4 is 9.47 Å². The van der Waals surface area contributed by atoms with Gasteiger partial charge in [0.15, 0.2) is 17.6 Å². The van der Waals surface area contributed by atoms with E-state index in [0.717, 1.165) is 12.8 Å². The molecule has 2 heterocycles. The van der Waals surface area contributed by atoms with Crippen LogP contribution in [-0.2, 0) is 0 Å². The fraction of sp³-hybridized carbons (Fsp3) is 0.611. The summed E-state index contributed by atoms with van der Waals surface area (Å²) in [6.45, 7) is 0.587. The Morgan fingerprint density at radius 2 is 1.70 bits per heavy atom. The fourth-order valence-corrected chi connectivity index (χ4v) is 4.47. The number of aliphatic hydroxyl groups is 4. The second-order valence-corrected chi connectivity index (χ2v) is 7.69. The lowest BCUT2D eigenvalue weighted by Gasteiger charge is -2.40. The molecule has 6 atom stereocenters. The van der Waals surface area contributed by atoms with E-state index < -0.39 is 53.0 Å². The summed E-state index contributed by atoms with van der Waals surface area (Å²) in [5, 5.41) is 63.4. The number of carbonyl (C=O) groups excluding carboxylic acids is 1. The SMILES string of the molecule is O=C(c1c([C@@H]2[C@@H](O)[C@H](O)[C@@H](O)[C@@H](O)[C@@H]2[N+](=O)[O-])cc2c(c1O)OCO2)N1CCCC1. The highest BCUT2D eigenvalue weighted by molar-refractivity contribution is 6.00. The van der Waals surface area contributed by atoms with Crippen molar-refractivity contribution >= 4 is 5.91 Å². The molecule has 0 bridgehead atoms. The van der Waals surface area contributed by atoms with Crippen LogP contribution in [0.25, 0.3) is 0 Å². The maximum Gasteiger partial charge on any atom is 0.258 e. The molecule has 30 heavy (non-hydrogen) atoms. The van der Waals surface area contributed by atoms with E-state index in [1.54, 1.807) is 0 Å². The summed E-state index contributed by atoms with van der Waals surface area (Å²) in [6, 6.07) is -0.726. The smallest absolute Gasteiger partial charge is 0.258 e. The van der Waals surface area contributed by atoms with Gasteiger partial charge in [-0.1, -0.05) is 0 Å². The first-order valence-corrected chi connectivity index (χ1v) is 9.54. The first-order valence-electron chi connectivity index (χ1n) is 9.54. The Hall–Kier alpha value is -2.67. The minimum absolute atomic E-state index is 0.00451. The van der Waals surface area contributed by atoms with E-state index in [2.05, 4.69) is 0 Å². The number of phenolic OH excluding ortho intramolecular Hbond substituents is 1. The zero-order valence-electron chi connectivity index (χ0n) is 15.7. The van der Waals surface area contributed by atoms with Gasteiger partial charge < -0.3 is 39.9 Å². The molecule has 3 aliphatic rings. The van der Waals surface area contributed by atoms with Gasteiger partial charge in [-0.2, -0.15) is 0 Å². The van der Waals surface area contributed by atoms with Gasteiger partial charge in [0.2, 0.25) is 12.5 Å². The van der Waals surface area contributed by atoms with Gasteiger partial charge in [-0.3, -0.25) is 14.9 Å². The maximum absolute atomic E-state index is 13.2. The maximum atomic E-state index is 13.2. The predicted molar refractivity (Wildman–Crippen MR) is 96.9 cm³/mol. The molecule has 0 radical (unpaired) electrons. The first-order chi connectivity index (χ1) is 14.2. The summed E-state index contributed by atoms with van der Waals surface area (Å²) in [6.07, 6.45) is -6.30. The average Bonchev–Trinajstić information content (AvgIpc) is 3.40. The van der Waals surface area contributed by atoms with Crippen molar-refractivity contribution in [3.8, 4) is 17.2 Å². The van der Waals surface area contributed by atoms with Crippen LogP contribution >= 0.6 is 0 Å². The Balaban J connectivity index is 1.90. The Labute approximate surface area is 170 Å². The summed E-state index contributed by atoms with van der Waals surface area (Å²) in [7, 11) is 0. The lowest BCUT2D eigenvalue weighted by molar-refractivity contribution is -0.549. The summed E-state index contributed by atoms with van der Waals surface area (Å²) in [5.41, 5.74) is -0.499. The van der Waals surface area contributed by atoms with Crippen molar-refractivity contribution in [1.82, 2.24) is 4.90 Å². The topological polar surface area (TPSA) is 183 Å². The van der Waals surface area contributed by atoms with Gasteiger partial charge in [-0.15, -0.1) is 0 Å². The molecule has 12 heteroatoms. The Morgan fingerprint density at radius 1 is 1.07 bits per heavy atom. The highest BCUT2D eigenvalue weighted by Gasteiger charge is 2.57. The van der Waals surface area contributed by atoms with Crippen LogP contribution in [-0.4, -0.2) is 91.6 Å². The number of aliphatic hydroxyl groups excluding tert-OH is 4. The van der Waals surface area contributed by atoms with Gasteiger partial charge in [0.1, 0.15) is 12.2 Å². The molecule has 2 fully saturated rings. The van der Waals surface area contributed by atoms with Crippen LogP contribution in [0.5, 0.6) is 17.2 Å². The van der Waals surface area contributed by atoms with Crippen molar-refractivity contribution in [3.05, 3.63) is 27.3 Å². The number of benzene rings is 1. The summed E-state index contributed by atoms with van der Waals surface area (Å²) < 4.78 is 10.5. The number of aromatic hydroxyl groups is 1. The number of hydrogen-bond donors (Lipinski definition) is 5. The zero-order chi connectivity index (χ0) is 21.7. The molecule has 1 amide bonds. The number of phenols is 1. The third-order valence-electron chi connectivity index (χ3n) is 6.01. The molecule has 1 aromatic carbocycles. The minimum atomic E-state index is -2.02.